The highest BCUT2D eigenvalue weighted by Crippen LogP contribution is 1.67. The van der Waals surface area contributed by atoms with Gasteiger partial charge in [0.05, 0.1) is 8.41 Å². The summed E-state index contributed by atoms with van der Waals surface area (Å²) < 4.78 is 0. The van der Waals surface area contributed by atoms with Crippen LogP contribution in [0.5, 0.6) is 0 Å². The van der Waals surface area contributed by atoms with E-state index in [1.165, 1.54) is 0 Å². The predicted molar refractivity (Wildman–Crippen MR) is 35.7 cm³/mol. The lowest BCUT2D eigenvalue weighted by Crippen LogP contribution is -2.33. The third-order valence-electron chi connectivity index (χ3n) is 0. The van der Waals surface area contributed by atoms with E-state index in [2.05, 4.69) is 0 Å². The summed E-state index contributed by atoms with van der Waals surface area (Å²) in [5.41, 5.74) is 0. The van der Waals surface area contributed by atoms with Gasteiger partial charge in [-0.2, -0.15) is 9.90 Å². The van der Waals surface area contributed by atoms with Gasteiger partial charge in [-0.05, 0) is 0 Å². The van der Waals surface area contributed by atoms with Gasteiger partial charge in [-0.3, -0.25) is 0 Å². The second kappa shape index (κ2) is 4.70. The van der Waals surface area contributed by atoms with Gasteiger partial charge >= 0.3 is 9.05 Å². The van der Waals surface area contributed by atoms with Crippen LogP contribution in [0.15, 0.2) is 0 Å². The maximum Gasteiger partial charge on any atom is 0.668 e. The van der Waals surface area contributed by atoms with E-state index >= 15 is 0 Å². The molecule has 0 spiro atoms. The predicted octanol–water partition coefficient (Wildman–Crippen LogP) is -3.73. The van der Waals surface area contributed by atoms with Crippen molar-refractivity contribution < 1.29 is 19.2 Å². The van der Waals surface area contributed by atoms with Crippen LogP contribution in [-0.2, 0) is 0 Å². The number of rotatable bonds is 0. The Morgan fingerprint density at radius 2 is 0.857 bits per heavy atom. The molecule has 0 aromatic carbocycles. The van der Waals surface area contributed by atoms with E-state index in [1.807, 2.05) is 0 Å². The summed E-state index contributed by atoms with van der Waals surface area (Å²) in [7, 11) is -4.61. The highest BCUT2D eigenvalue weighted by molar-refractivity contribution is 6.92. The first-order valence-corrected chi connectivity index (χ1v) is 2.68. The van der Waals surface area contributed by atoms with Crippen LogP contribution >= 0.6 is 9.90 Å². The Labute approximate surface area is 47.5 Å². The molecule has 0 heterocycles. The minimum atomic E-state index is -4.61. The van der Waals surface area contributed by atoms with Crippen LogP contribution in [0.1, 0.15) is 0 Å². The molecule has 4 nitrogen and oxygen atoms in total. The molecule has 0 aromatic heterocycles. The topological polar surface area (TPSA) is 80.9 Å². The smallest absolute Gasteiger partial charge is 0.368 e. The molecule has 0 aliphatic carbocycles. The standard InChI is InChI=1S/BH3.H4O4Si.H3P/c;1-5(2,3)4;/h1H3;1-4H;1H3. The molecule has 0 saturated carbocycles. The molecule has 0 rings (SSSR count). The Kier molecular flexibility index (Phi) is 10.5. The van der Waals surface area contributed by atoms with Crippen molar-refractivity contribution in [3.63, 3.8) is 0 Å². The maximum absolute atomic E-state index is 7.33. The van der Waals surface area contributed by atoms with Crippen LogP contribution in [0.3, 0.4) is 0 Å². The molecule has 4 N–H and O–H groups in total. The van der Waals surface area contributed by atoms with Crippen molar-refractivity contribution in [2.24, 2.45) is 0 Å². The van der Waals surface area contributed by atoms with E-state index in [4.69, 9.17) is 19.2 Å². The van der Waals surface area contributed by atoms with E-state index in [-0.39, 0.29) is 18.3 Å². The zero-order chi connectivity index (χ0) is 4.50. The molecule has 0 saturated heterocycles. The first kappa shape index (κ1) is 15.6. The molecular formula is H10BO4PSi. The van der Waals surface area contributed by atoms with Crippen molar-refractivity contribution in [3.05, 3.63) is 0 Å². The Bertz CT molecular complexity index is 27.2. The van der Waals surface area contributed by atoms with Gasteiger partial charge in [0.15, 0.2) is 0 Å². The molecule has 0 bridgehead atoms. The van der Waals surface area contributed by atoms with Gasteiger partial charge in [0, 0.05) is 0 Å². The molecule has 1 atom stereocenters. The van der Waals surface area contributed by atoms with Crippen molar-refractivity contribution in [2.75, 3.05) is 0 Å². The summed E-state index contributed by atoms with van der Waals surface area (Å²) in [4.78, 5) is 29.3. The summed E-state index contributed by atoms with van der Waals surface area (Å²) in [6, 6.07) is 0. The normalized spacial score (nSPS) is 8.57. The summed E-state index contributed by atoms with van der Waals surface area (Å²) in [5.74, 6) is 0. The van der Waals surface area contributed by atoms with Gasteiger partial charge in [-0.15, -0.1) is 0 Å². The lowest BCUT2D eigenvalue weighted by molar-refractivity contribution is 0.117. The van der Waals surface area contributed by atoms with Crippen LogP contribution in [0, 0.1) is 0 Å². The summed E-state index contributed by atoms with van der Waals surface area (Å²) >= 11 is 0. The van der Waals surface area contributed by atoms with Gasteiger partial charge < -0.3 is 19.2 Å². The van der Waals surface area contributed by atoms with Gasteiger partial charge in [-0.1, -0.05) is 0 Å². The third-order valence-corrected chi connectivity index (χ3v) is 0. The summed E-state index contributed by atoms with van der Waals surface area (Å²) in [6.45, 7) is 0. The Morgan fingerprint density at radius 3 is 0.857 bits per heavy atom. The van der Waals surface area contributed by atoms with E-state index in [0.717, 1.165) is 0 Å². The second-order valence-electron chi connectivity index (χ2n) is 0.600. The minimum Gasteiger partial charge on any atom is -0.368 e. The molecule has 0 aliphatic heterocycles. The quantitative estimate of drug-likeness (QED) is 0.208. The molecule has 0 aliphatic rings. The van der Waals surface area contributed by atoms with Crippen molar-refractivity contribution in [2.45, 2.75) is 0 Å². The molecule has 0 amide bonds. The van der Waals surface area contributed by atoms with Crippen molar-refractivity contribution in [3.8, 4) is 0 Å². The van der Waals surface area contributed by atoms with Gasteiger partial charge in [0.25, 0.3) is 0 Å². The van der Waals surface area contributed by atoms with Gasteiger partial charge in [0.2, 0.25) is 0 Å². The maximum atomic E-state index is 7.33. The number of hydrogen-bond acceptors (Lipinski definition) is 4. The molecule has 7 heteroatoms. The lowest BCUT2D eigenvalue weighted by Gasteiger charge is -1.91. The Balaban J connectivity index is -0.0000000800. The SMILES string of the molecule is B.O[Si](O)(O)O.P. The number of hydrogen-bond donors (Lipinski definition) is 4. The van der Waals surface area contributed by atoms with Gasteiger partial charge in [0.1, 0.15) is 0 Å². The average Bonchev–Trinajstić information content (AvgIpc) is 0.722. The van der Waals surface area contributed by atoms with Gasteiger partial charge in [-0.25, -0.2) is 0 Å². The van der Waals surface area contributed by atoms with Crippen molar-refractivity contribution >= 4 is 27.4 Å². The highest BCUT2D eigenvalue weighted by Gasteiger charge is 2.22. The van der Waals surface area contributed by atoms with Crippen LogP contribution in [0.25, 0.3) is 0 Å². The van der Waals surface area contributed by atoms with E-state index in [0.29, 0.717) is 0 Å². The van der Waals surface area contributed by atoms with Crippen molar-refractivity contribution in [1.29, 1.82) is 0 Å². The monoisotopic (exact) mass is 144 g/mol. The van der Waals surface area contributed by atoms with E-state index < -0.39 is 9.05 Å². The zero-order valence-electron chi connectivity index (χ0n) is 3.00. The zero-order valence-corrected chi connectivity index (χ0v) is 5.41. The van der Waals surface area contributed by atoms with Crippen LogP contribution in [-0.4, -0.2) is 36.6 Å². The second-order valence-corrected chi connectivity index (χ2v) is 1.80. The van der Waals surface area contributed by atoms with Crippen molar-refractivity contribution in [1.82, 2.24) is 0 Å². The third kappa shape index (κ3) is 446. The molecule has 0 radical (unpaired) electrons. The van der Waals surface area contributed by atoms with Crippen LogP contribution < -0.4 is 0 Å². The first-order chi connectivity index (χ1) is 2.00. The summed E-state index contributed by atoms with van der Waals surface area (Å²) in [5, 5.41) is 0. The highest BCUT2D eigenvalue weighted by atomic mass is 31.0. The fraction of sp³-hybridized carbons (Fsp3) is 0. The first-order valence-electron chi connectivity index (χ1n) is 0.894. The molecule has 0 fully saturated rings. The van der Waals surface area contributed by atoms with Crippen LogP contribution in [0.4, 0.5) is 0 Å². The molecule has 0 aromatic rings. The Morgan fingerprint density at radius 1 is 0.857 bits per heavy atom. The fourth-order valence-electron chi connectivity index (χ4n) is 0. The summed E-state index contributed by atoms with van der Waals surface area (Å²) in [6.07, 6.45) is 0. The average molecular weight is 144 g/mol. The largest absolute Gasteiger partial charge is 0.668 e. The molecule has 1 unspecified atom stereocenters. The molecule has 7 heavy (non-hydrogen) atoms. The molecular weight excluding hydrogens is 134 g/mol. The minimum absolute atomic E-state index is 0. The molecule has 46 valence electrons. The van der Waals surface area contributed by atoms with E-state index in [1.54, 1.807) is 0 Å². The fourth-order valence-corrected chi connectivity index (χ4v) is 0. The van der Waals surface area contributed by atoms with Crippen LogP contribution in [0.2, 0.25) is 0 Å². The Hall–Kier alpha value is 0.552. The van der Waals surface area contributed by atoms with E-state index in [9.17, 15) is 0 Å². The lowest BCUT2D eigenvalue weighted by atomic mass is 10.8.